The first-order chi connectivity index (χ1) is 14.8. The number of hydrogen-bond acceptors (Lipinski definition) is 6. The van der Waals surface area contributed by atoms with E-state index in [9.17, 15) is 13.2 Å². The van der Waals surface area contributed by atoms with Crippen LogP contribution in [0, 0.1) is 0 Å². The van der Waals surface area contributed by atoms with Gasteiger partial charge in [-0.3, -0.25) is 4.79 Å². The third kappa shape index (κ3) is 3.53. The smallest absolute Gasteiger partial charge is 0.266 e. The Labute approximate surface area is 187 Å². The molecule has 1 unspecified atom stereocenters. The minimum Gasteiger partial charge on any atom is -0.454 e. The molecule has 0 N–H and O–H groups in total. The van der Waals surface area contributed by atoms with Gasteiger partial charge < -0.3 is 14.0 Å². The van der Waals surface area contributed by atoms with E-state index in [0.29, 0.717) is 34.2 Å². The maximum Gasteiger partial charge on any atom is 0.266 e. The zero-order valence-electron chi connectivity index (χ0n) is 16.4. The van der Waals surface area contributed by atoms with Crippen molar-refractivity contribution in [1.82, 2.24) is 8.87 Å². The van der Waals surface area contributed by atoms with Crippen LogP contribution in [0.1, 0.15) is 12.8 Å². The average molecular weight is 480 g/mol. The highest BCUT2D eigenvalue weighted by molar-refractivity contribution is 7.89. The van der Waals surface area contributed by atoms with Gasteiger partial charge in [0.05, 0.1) is 15.1 Å². The number of nitrogens with zero attached hydrogens (tertiary/aromatic N) is 3. The Morgan fingerprint density at radius 3 is 2.65 bits per heavy atom. The normalized spacial score (nSPS) is 19.4. The lowest BCUT2D eigenvalue weighted by molar-refractivity contribution is -0.121. The molecular weight excluding hydrogens is 462 g/mol. The number of carbonyl (C=O) groups is 1. The summed E-state index contributed by atoms with van der Waals surface area (Å²) < 4.78 is 41.0. The zero-order valence-corrected chi connectivity index (χ0v) is 18.8. The number of thiazole rings is 1. The molecule has 2 aliphatic rings. The first-order valence-corrected chi connectivity index (χ1v) is 12.2. The van der Waals surface area contributed by atoms with Crippen LogP contribution in [0.5, 0.6) is 11.5 Å². The monoisotopic (exact) mass is 479 g/mol. The minimum atomic E-state index is -3.83. The fraction of sp³-hybridized carbons (Fsp3) is 0.300. The highest BCUT2D eigenvalue weighted by Gasteiger charge is 2.39. The number of rotatable bonds is 3. The Balaban J connectivity index is 1.49. The number of benzene rings is 2. The molecular formula is C20H18ClN3O5S2. The van der Waals surface area contributed by atoms with Gasteiger partial charge in [0.1, 0.15) is 6.04 Å². The van der Waals surface area contributed by atoms with Gasteiger partial charge in [0, 0.05) is 30.7 Å². The first-order valence-electron chi connectivity index (χ1n) is 9.60. The maximum absolute atomic E-state index is 13.1. The number of sulfonamides is 1. The van der Waals surface area contributed by atoms with Gasteiger partial charge in [-0.25, -0.2) is 8.42 Å². The predicted octanol–water partition coefficient (Wildman–Crippen LogP) is 2.90. The van der Waals surface area contributed by atoms with E-state index in [2.05, 4.69) is 4.99 Å². The van der Waals surface area contributed by atoms with Crippen molar-refractivity contribution < 1.29 is 22.7 Å². The van der Waals surface area contributed by atoms with E-state index in [-0.39, 0.29) is 18.2 Å². The molecule has 0 bridgehead atoms. The highest BCUT2D eigenvalue weighted by Crippen LogP contribution is 2.36. The summed E-state index contributed by atoms with van der Waals surface area (Å²) in [6.45, 7) is 0.461. The lowest BCUT2D eigenvalue weighted by atomic mass is 10.2. The molecule has 1 amide bonds. The van der Waals surface area contributed by atoms with Crippen LogP contribution < -0.4 is 14.3 Å². The third-order valence-electron chi connectivity index (χ3n) is 5.42. The Morgan fingerprint density at radius 2 is 1.90 bits per heavy atom. The predicted molar refractivity (Wildman–Crippen MR) is 116 cm³/mol. The molecule has 0 spiro atoms. The molecule has 5 rings (SSSR count). The molecule has 11 heteroatoms. The molecule has 162 valence electrons. The van der Waals surface area contributed by atoms with Gasteiger partial charge in [0.15, 0.2) is 16.3 Å². The molecule has 1 fully saturated rings. The van der Waals surface area contributed by atoms with Crippen molar-refractivity contribution in [3.05, 3.63) is 46.2 Å². The number of aryl methyl sites for hydroxylation is 1. The topological polar surface area (TPSA) is 90.2 Å². The number of halogens is 1. The quantitative estimate of drug-likeness (QED) is 0.576. The SMILES string of the molecule is Cn1c(=NC(=O)C2CCCN2S(=O)(=O)c2ccc(Cl)cc2)sc2cc3c(cc21)OCO3. The zero-order chi connectivity index (χ0) is 21.8. The summed E-state index contributed by atoms with van der Waals surface area (Å²) in [5.74, 6) is 0.829. The Bertz CT molecular complexity index is 1360. The van der Waals surface area contributed by atoms with Crippen LogP contribution >= 0.6 is 22.9 Å². The van der Waals surface area contributed by atoms with Crippen LogP contribution in [0.4, 0.5) is 0 Å². The van der Waals surface area contributed by atoms with Crippen molar-refractivity contribution >= 4 is 49.1 Å². The van der Waals surface area contributed by atoms with Crippen LogP contribution in [-0.4, -0.2) is 42.6 Å². The standard InChI is InChI=1S/C20H18ClN3O5S2/c1-23-15-9-16-17(29-11-28-16)10-18(15)30-20(23)22-19(25)14-3-2-8-24(14)31(26,27)13-6-4-12(21)5-7-13/h4-7,9-10,14H,2-3,8,11H2,1H3. The van der Waals surface area contributed by atoms with E-state index < -0.39 is 22.0 Å². The Morgan fingerprint density at radius 1 is 1.19 bits per heavy atom. The molecule has 0 saturated carbocycles. The summed E-state index contributed by atoms with van der Waals surface area (Å²) in [4.78, 5) is 17.9. The van der Waals surface area contributed by atoms with E-state index in [1.54, 1.807) is 4.57 Å². The van der Waals surface area contributed by atoms with Gasteiger partial charge >= 0.3 is 0 Å². The number of ether oxygens (including phenoxy) is 2. The van der Waals surface area contributed by atoms with Crippen molar-refractivity contribution in [2.45, 2.75) is 23.8 Å². The summed E-state index contributed by atoms with van der Waals surface area (Å²) in [5, 5.41) is 0.446. The van der Waals surface area contributed by atoms with Crippen molar-refractivity contribution in [2.75, 3.05) is 13.3 Å². The fourth-order valence-corrected chi connectivity index (χ4v) is 6.62. The molecule has 0 radical (unpaired) electrons. The van der Waals surface area contributed by atoms with E-state index in [0.717, 1.165) is 10.2 Å². The fourth-order valence-electron chi connectivity index (χ4n) is 3.81. The van der Waals surface area contributed by atoms with Crippen LogP contribution in [0.25, 0.3) is 10.2 Å². The second kappa shape index (κ2) is 7.63. The van der Waals surface area contributed by atoms with Gasteiger partial charge in [0.25, 0.3) is 5.91 Å². The molecule has 3 heterocycles. The molecule has 1 saturated heterocycles. The Hall–Kier alpha value is -2.40. The number of amides is 1. The molecule has 0 aliphatic carbocycles. The van der Waals surface area contributed by atoms with Crippen LogP contribution in [0.3, 0.4) is 0 Å². The van der Waals surface area contributed by atoms with Crippen molar-refractivity contribution in [2.24, 2.45) is 12.0 Å². The lowest BCUT2D eigenvalue weighted by Gasteiger charge is -2.21. The van der Waals surface area contributed by atoms with Crippen LogP contribution in [-0.2, 0) is 21.9 Å². The summed E-state index contributed by atoms with van der Waals surface area (Å²) in [5.41, 5.74) is 0.859. The van der Waals surface area contributed by atoms with E-state index in [4.69, 9.17) is 21.1 Å². The summed E-state index contributed by atoms with van der Waals surface area (Å²) >= 11 is 7.22. The highest BCUT2D eigenvalue weighted by atomic mass is 35.5. The maximum atomic E-state index is 13.1. The summed E-state index contributed by atoms with van der Waals surface area (Å²) in [7, 11) is -2.02. The second-order valence-electron chi connectivity index (χ2n) is 7.29. The summed E-state index contributed by atoms with van der Waals surface area (Å²) in [6.07, 6.45) is 1.03. The van der Waals surface area contributed by atoms with Crippen LogP contribution in [0.2, 0.25) is 5.02 Å². The van der Waals surface area contributed by atoms with E-state index in [1.165, 1.54) is 39.9 Å². The van der Waals surface area contributed by atoms with Crippen molar-refractivity contribution in [1.29, 1.82) is 0 Å². The number of hydrogen-bond donors (Lipinski definition) is 0. The van der Waals surface area contributed by atoms with E-state index in [1.807, 2.05) is 19.2 Å². The minimum absolute atomic E-state index is 0.110. The van der Waals surface area contributed by atoms with Gasteiger partial charge in [0.2, 0.25) is 16.8 Å². The number of fused-ring (bicyclic) bond motifs is 2. The van der Waals surface area contributed by atoms with Gasteiger partial charge in [-0.05, 0) is 37.1 Å². The molecule has 1 atom stereocenters. The third-order valence-corrected chi connectivity index (χ3v) is 8.69. The van der Waals surface area contributed by atoms with Gasteiger partial charge in [-0.2, -0.15) is 9.30 Å². The van der Waals surface area contributed by atoms with Crippen molar-refractivity contribution in [3.8, 4) is 11.5 Å². The summed E-state index contributed by atoms with van der Waals surface area (Å²) in [6, 6.07) is 8.82. The number of carbonyl (C=O) groups excluding carboxylic acids is 1. The molecule has 3 aromatic rings. The molecule has 2 aliphatic heterocycles. The molecule has 8 nitrogen and oxygen atoms in total. The largest absolute Gasteiger partial charge is 0.454 e. The average Bonchev–Trinajstić information content (AvgIpc) is 3.47. The molecule has 31 heavy (non-hydrogen) atoms. The molecule has 2 aromatic carbocycles. The van der Waals surface area contributed by atoms with Crippen molar-refractivity contribution in [3.63, 3.8) is 0 Å². The number of aromatic nitrogens is 1. The van der Waals surface area contributed by atoms with Gasteiger partial charge in [-0.15, -0.1) is 0 Å². The molecule has 1 aromatic heterocycles. The van der Waals surface area contributed by atoms with E-state index >= 15 is 0 Å². The second-order valence-corrected chi connectivity index (χ2v) is 10.6. The Kier molecular flexibility index (Phi) is 5.04. The van der Waals surface area contributed by atoms with Crippen LogP contribution in [0.15, 0.2) is 46.3 Å². The first kappa shape index (κ1) is 20.5. The van der Waals surface area contributed by atoms with Gasteiger partial charge in [-0.1, -0.05) is 22.9 Å². The lowest BCUT2D eigenvalue weighted by Crippen LogP contribution is -2.40.